The number of nitrogens with zero attached hydrogens (tertiary/aromatic N) is 7. The second kappa shape index (κ2) is 14.3. The van der Waals surface area contributed by atoms with Gasteiger partial charge in [-0.25, -0.2) is 33.5 Å². The van der Waals surface area contributed by atoms with Crippen molar-refractivity contribution in [2.24, 2.45) is 0 Å². The minimum Gasteiger partial charge on any atom is -0.484 e. The summed E-state index contributed by atoms with van der Waals surface area (Å²) in [5.41, 5.74) is 2.91. The minimum absolute atomic E-state index is 0.00724. The van der Waals surface area contributed by atoms with Gasteiger partial charge in [0.15, 0.2) is 17.2 Å². The molecule has 1 saturated heterocycles. The van der Waals surface area contributed by atoms with E-state index in [1.54, 1.807) is 12.4 Å². The summed E-state index contributed by atoms with van der Waals surface area (Å²) in [7, 11) is 0. The number of hydrogen-bond acceptors (Lipinski definition) is 8. The summed E-state index contributed by atoms with van der Waals surface area (Å²) >= 11 is 5.79. The maximum atomic E-state index is 14.5. The van der Waals surface area contributed by atoms with Crippen LogP contribution in [0.3, 0.4) is 0 Å². The van der Waals surface area contributed by atoms with Gasteiger partial charge < -0.3 is 23.7 Å². The summed E-state index contributed by atoms with van der Waals surface area (Å²) in [6, 6.07) is 10.3. The van der Waals surface area contributed by atoms with E-state index >= 15 is 0 Å². The highest BCUT2D eigenvalue weighted by atomic mass is 35.5. The molecule has 0 aliphatic carbocycles. The van der Waals surface area contributed by atoms with Crippen molar-refractivity contribution in [1.82, 2.24) is 34.0 Å². The second-order valence-electron chi connectivity index (χ2n) is 11.1. The van der Waals surface area contributed by atoms with Gasteiger partial charge in [-0.05, 0) is 62.2 Å². The highest BCUT2D eigenvalue weighted by molar-refractivity contribution is 6.30. The van der Waals surface area contributed by atoms with E-state index in [4.69, 9.17) is 36.1 Å². The number of rotatable bonds is 12. The molecule has 14 heteroatoms. The van der Waals surface area contributed by atoms with E-state index in [1.807, 2.05) is 12.3 Å². The zero-order chi connectivity index (χ0) is 32.9. The number of carboxylic acids is 1. The third kappa shape index (κ3) is 7.75. The number of fused-ring (bicyclic) bond motifs is 1. The number of ether oxygens (including phenoxy) is 2. The highest BCUT2D eigenvalue weighted by Gasteiger charge is 2.24. The lowest BCUT2D eigenvalue weighted by molar-refractivity contribution is -0.131. The molecule has 0 spiro atoms. The number of likely N-dealkylation sites (tertiary alicyclic amines) is 1. The predicted octanol–water partition coefficient (Wildman–Crippen LogP) is 5.74. The molecular formula is C33H32ClF2N7O4. The third-order valence-electron chi connectivity index (χ3n) is 7.89. The van der Waals surface area contributed by atoms with Gasteiger partial charge in [0.05, 0.1) is 30.8 Å². The van der Waals surface area contributed by atoms with Crippen molar-refractivity contribution < 1.29 is 28.2 Å². The Kier molecular flexibility index (Phi) is 9.73. The summed E-state index contributed by atoms with van der Waals surface area (Å²) in [5.74, 6) is -1.22. The molecule has 4 aromatic heterocycles. The van der Waals surface area contributed by atoms with Gasteiger partial charge in [-0.1, -0.05) is 11.6 Å². The fourth-order valence-electron chi connectivity index (χ4n) is 5.45. The van der Waals surface area contributed by atoms with Crippen molar-refractivity contribution in [3.63, 3.8) is 0 Å². The van der Waals surface area contributed by atoms with Gasteiger partial charge >= 0.3 is 5.97 Å². The fraction of sp³-hybridized carbons (Fsp3) is 0.303. The van der Waals surface area contributed by atoms with Crippen LogP contribution in [-0.2, 0) is 31.0 Å². The lowest BCUT2D eigenvalue weighted by Gasteiger charge is -2.31. The lowest BCUT2D eigenvalue weighted by Crippen LogP contribution is -2.38. The first kappa shape index (κ1) is 32.1. The highest BCUT2D eigenvalue weighted by Crippen LogP contribution is 2.25. The minimum atomic E-state index is -1.05. The molecule has 5 heterocycles. The molecule has 0 saturated carbocycles. The number of aryl methyl sites for hydroxylation is 1. The van der Waals surface area contributed by atoms with Gasteiger partial charge in [-0.2, -0.15) is 0 Å². The zero-order valence-electron chi connectivity index (χ0n) is 25.5. The van der Waals surface area contributed by atoms with E-state index in [1.165, 1.54) is 30.3 Å². The van der Waals surface area contributed by atoms with Crippen LogP contribution in [0, 0.1) is 11.6 Å². The van der Waals surface area contributed by atoms with E-state index in [0.717, 1.165) is 43.3 Å². The predicted molar refractivity (Wildman–Crippen MR) is 170 cm³/mol. The summed E-state index contributed by atoms with van der Waals surface area (Å²) in [4.78, 5) is 31.6. The maximum absolute atomic E-state index is 14.5. The van der Waals surface area contributed by atoms with Crippen LogP contribution in [0.15, 0.2) is 61.1 Å². The summed E-state index contributed by atoms with van der Waals surface area (Å²) in [6.07, 6.45) is 7.44. The van der Waals surface area contributed by atoms with Crippen LogP contribution in [0.25, 0.3) is 17.2 Å². The third-order valence-corrected chi connectivity index (χ3v) is 8.12. The first-order valence-electron chi connectivity index (χ1n) is 15.1. The summed E-state index contributed by atoms with van der Waals surface area (Å²) in [6.45, 7) is 5.08. The Morgan fingerprint density at radius 2 is 1.89 bits per heavy atom. The first-order chi connectivity index (χ1) is 22.7. The number of piperidine rings is 1. The molecule has 0 atom stereocenters. The molecule has 6 rings (SSSR count). The Labute approximate surface area is 274 Å². The molecule has 47 heavy (non-hydrogen) atoms. The molecule has 1 aliphatic heterocycles. The molecule has 1 fully saturated rings. The standard InChI is InChI=1S/C33H32ClF2N7O4/c1-2-42-20-37-16-23(42)17-43-30(39-27-7-4-22(38-33(27)43)5-10-32(44)45)18-41-13-11-24(12-14-41)47-31-9-6-25(35)28(40-31)19-46-29-8-3-21(34)15-26(29)36/h3-10,15-16,20,24H,2,11-14,17-19H2,1H3,(H,44,45)/b10-5+. The van der Waals surface area contributed by atoms with Gasteiger partial charge in [0.25, 0.3) is 0 Å². The first-order valence-corrected chi connectivity index (χ1v) is 15.5. The number of imidazole rings is 2. The quantitative estimate of drug-likeness (QED) is 0.167. The number of aromatic nitrogens is 6. The molecule has 244 valence electrons. The smallest absolute Gasteiger partial charge is 0.328 e. The van der Waals surface area contributed by atoms with Crippen LogP contribution in [0.1, 0.15) is 42.7 Å². The molecule has 0 unspecified atom stereocenters. The number of benzene rings is 1. The zero-order valence-corrected chi connectivity index (χ0v) is 26.3. The van der Waals surface area contributed by atoms with Crippen LogP contribution in [0.4, 0.5) is 8.78 Å². The summed E-state index contributed by atoms with van der Waals surface area (Å²) < 4.78 is 44.2. The number of hydrogen-bond donors (Lipinski definition) is 1. The van der Waals surface area contributed by atoms with Crippen molar-refractivity contribution in [3.8, 4) is 11.6 Å². The number of pyridine rings is 2. The number of halogens is 3. The van der Waals surface area contributed by atoms with Crippen LogP contribution < -0.4 is 9.47 Å². The Balaban J connectivity index is 1.12. The van der Waals surface area contributed by atoms with Gasteiger partial charge in [0.2, 0.25) is 5.88 Å². The van der Waals surface area contributed by atoms with Crippen molar-refractivity contribution >= 4 is 34.8 Å². The van der Waals surface area contributed by atoms with E-state index in [0.29, 0.717) is 42.8 Å². The molecule has 1 aromatic carbocycles. The van der Waals surface area contributed by atoms with Crippen molar-refractivity contribution in [2.45, 2.75) is 52.1 Å². The van der Waals surface area contributed by atoms with E-state index < -0.39 is 17.6 Å². The average Bonchev–Trinajstić information content (AvgIpc) is 3.65. The Bertz CT molecular complexity index is 1920. The van der Waals surface area contributed by atoms with E-state index in [-0.39, 0.29) is 35.1 Å². The molecule has 0 radical (unpaired) electrons. The molecule has 5 aromatic rings. The Morgan fingerprint density at radius 1 is 1.06 bits per heavy atom. The second-order valence-corrected chi connectivity index (χ2v) is 11.5. The van der Waals surface area contributed by atoms with Crippen LogP contribution in [0.2, 0.25) is 5.02 Å². The van der Waals surface area contributed by atoms with Crippen molar-refractivity contribution in [2.75, 3.05) is 13.1 Å². The summed E-state index contributed by atoms with van der Waals surface area (Å²) in [5, 5.41) is 9.30. The van der Waals surface area contributed by atoms with Gasteiger partial charge in [0.1, 0.15) is 35.6 Å². The largest absolute Gasteiger partial charge is 0.484 e. The molecule has 1 N–H and O–H groups in total. The average molecular weight is 664 g/mol. The van der Waals surface area contributed by atoms with Gasteiger partial charge in [0, 0.05) is 43.0 Å². The Hall–Kier alpha value is -4.88. The lowest BCUT2D eigenvalue weighted by atomic mass is 10.1. The molecular weight excluding hydrogens is 632 g/mol. The van der Waals surface area contributed by atoms with Gasteiger partial charge in [-0.3, -0.25) is 4.90 Å². The number of aliphatic carboxylic acids is 1. The number of carboxylic acid groups (broad SMARTS) is 1. The normalized spacial score (nSPS) is 14.3. The van der Waals surface area contributed by atoms with Crippen LogP contribution in [0.5, 0.6) is 11.6 Å². The van der Waals surface area contributed by atoms with E-state index in [2.05, 4.69) is 30.9 Å². The Morgan fingerprint density at radius 3 is 2.66 bits per heavy atom. The topological polar surface area (TPSA) is 120 Å². The van der Waals surface area contributed by atoms with Crippen molar-refractivity contribution in [1.29, 1.82) is 0 Å². The van der Waals surface area contributed by atoms with Gasteiger partial charge in [-0.15, -0.1) is 0 Å². The van der Waals surface area contributed by atoms with Crippen molar-refractivity contribution in [3.05, 3.63) is 101 Å². The fourth-order valence-corrected chi connectivity index (χ4v) is 5.61. The number of carbonyl (C=O) groups is 1. The maximum Gasteiger partial charge on any atom is 0.328 e. The molecule has 0 amide bonds. The van der Waals surface area contributed by atoms with E-state index in [9.17, 15) is 13.6 Å². The van der Waals surface area contributed by atoms with Crippen LogP contribution >= 0.6 is 11.6 Å². The SMILES string of the molecule is CCn1cncc1Cn1c(CN2CCC(Oc3ccc(F)c(COc4ccc(Cl)cc4F)n3)CC2)nc2ccc(/C=C/C(=O)O)nc21. The molecule has 11 nitrogen and oxygen atoms in total. The molecule has 0 bridgehead atoms. The molecule has 1 aliphatic rings. The monoisotopic (exact) mass is 663 g/mol. The van der Waals surface area contributed by atoms with Crippen LogP contribution in [-0.4, -0.2) is 64.2 Å².